The van der Waals surface area contributed by atoms with Crippen molar-refractivity contribution in [3.63, 3.8) is 0 Å². The number of carbonyl (C=O) groups excluding carboxylic acids is 1. The summed E-state index contributed by atoms with van der Waals surface area (Å²) in [5.74, 6) is 0.114. The van der Waals surface area contributed by atoms with E-state index < -0.39 is 5.97 Å². The summed E-state index contributed by atoms with van der Waals surface area (Å²) in [7, 11) is 2.77. The Hall–Kier alpha value is -2.67. The van der Waals surface area contributed by atoms with Gasteiger partial charge in [-0.1, -0.05) is 12.1 Å². The Labute approximate surface area is 151 Å². The van der Waals surface area contributed by atoms with Crippen LogP contribution in [0.2, 0.25) is 0 Å². The minimum atomic E-state index is -0.500. The highest BCUT2D eigenvalue weighted by atomic mass is 19.1. The van der Waals surface area contributed by atoms with Gasteiger partial charge in [0.1, 0.15) is 23.3 Å². The number of anilines is 1. The molecule has 0 spiro atoms. The lowest BCUT2D eigenvalue weighted by Gasteiger charge is -2.37. The van der Waals surface area contributed by atoms with Crippen molar-refractivity contribution in [3.05, 3.63) is 53.3 Å². The zero-order valence-electron chi connectivity index (χ0n) is 14.9. The van der Waals surface area contributed by atoms with Crippen LogP contribution in [0, 0.1) is 5.82 Å². The van der Waals surface area contributed by atoms with Gasteiger partial charge in [-0.15, -0.1) is 0 Å². The molecule has 1 aromatic heterocycles. The molecule has 6 nitrogen and oxygen atoms in total. The van der Waals surface area contributed by atoms with E-state index in [1.807, 2.05) is 6.92 Å². The number of rotatable bonds is 4. The first-order chi connectivity index (χ1) is 12.5. The van der Waals surface area contributed by atoms with Crippen LogP contribution in [0.5, 0.6) is 5.88 Å². The SMILES string of the molecule is COC(=O)c1ccc(N2CC(C)OC(c3ccc(F)cc3)C2)nc1OC. The first-order valence-corrected chi connectivity index (χ1v) is 8.31. The smallest absolute Gasteiger partial charge is 0.343 e. The topological polar surface area (TPSA) is 60.9 Å². The standard InChI is InChI=1S/C19H21FN2O4/c1-12-10-22(11-16(26-12)13-4-6-14(20)7-5-13)17-9-8-15(19(23)25-3)18(21-17)24-2/h4-9,12,16H,10-11H2,1-3H3. The second kappa shape index (κ2) is 7.70. The molecule has 2 unspecified atom stereocenters. The molecule has 138 valence electrons. The van der Waals surface area contributed by atoms with Gasteiger partial charge in [-0.25, -0.2) is 9.18 Å². The molecule has 0 aliphatic carbocycles. The van der Waals surface area contributed by atoms with E-state index >= 15 is 0 Å². The van der Waals surface area contributed by atoms with Gasteiger partial charge in [-0.3, -0.25) is 0 Å². The van der Waals surface area contributed by atoms with E-state index in [1.54, 1.807) is 24.3 Å². The van der Waals surface area contributed by atoms with Crippen LogP contribution in [-0.2, 0) is 9.47 Å². The third kappa shape index (κ3) is 3.77. The van der Waals surface area contributed by atoms with Gasteiger partial charge in [0, 0.05) is 13.1 Å². The van der Waals surface area contributed by atoms with E-state index in [2.05, 4.69) is 9.88 Å². The molecule has 0 saturated carbocycles. The lowest BCUT2D eigenvalue weighted by atomic mass is 10.1. The van der Waals surface area contributed by atoms with Gasteiger partial charge in [0.15, 0.2) is 0 Å². The molecule has 1 aromatic carbocycles. The first-order valence-electron chi connectivity index (χ1n) is 8.31. The number of methoxy groups -OCH3 is 2. The molecule has 1 aliphatic heterocycles. The van der Waals surface area contributed by atoms with Crippen molar-refractivity contribution in [2.75, 3.05) is 32.2 Å². The molecule has 0 amide bonds. The van der Waals surface area contributed by atoms with Crippen LogP contribution < -0.4 is 9.64 Å². The van der Waals surface area contributed by atoms with Crippen LogP contribution in [0.15, 0.2) is 36.4 Å². The number of esters is 1. The Kier molecular flexibility index (Phi) is 5.37. The van der Waals surface area contributed by atoms with Crippen LogP contribution in [-0.4, -0.2) is 44.4 Å². The fourth-order valence-electron chi connectivity index (χ4n) is 3.03. The summed E-state index contributed by atoms with van der Waals surface area (Å²) in [6, 6.07) is 9.70. The van der Waals surface area contributed by atoms with Crippen LogP contribution in [0.25, 0.3) is 0 Å². The monoisotopic (exact) mass is 360 g/mol. The Morgan fingerprint density at radius 2 is 1.92 bits per heavy atom. The van der Waals surface area contributed by atoms with E-state index in [-0.39, 0.29) is 29.5 Å². The molecule has 1 aliphatic rings. The summed E-state index contributed by atoms with van der Waals surface area (Å²) in [6.07, 6.45) is -0.237. The van der Waals surface area contributed by atoms with Crippen LogP contribution in [0.4, 0.5) is 10.2 Å². The molecule has 0 radical (unpaired) electrons. The number of hydrogen-bond acceptors (Lipinski definition) is 6. The van der Waals surface area contributed by atoms with E-state index in [9.17, 15) is 9.18 Å². The summed E-state index contributed by atoms with van der Waals surface area (Å²) in [4.78, 5) is 18.3. The van der Waals surface area contributed by atoms with Crippen molar-refractivity contribution in [1.82, 2.24) is 4.98 Å². The molecule has 7 heteroatoms. The third-order valence-electron chi connectivity index (χ3n) is 4.27. The molecule has 2 atom stereocenters. The zero-order valence-corrected chi connectivity index (χ0v) is 14.9. The minimum absolute atomic E-state index is 0.0353. The summed E-state index contributed by atoms with van der Waals surface area (Å²) in [5, 5.41) is 0. The van der Waals surface area contributed by atoms with E-state index in [0.717, 1.165) is 5.56 Å². The first kappa shape index (κ1) is 18.1. The highest BCUT2D eigenvalue weighted by molar-refractivity contribution is 5.92. The van der Waals surface area contributed by atoms with Crippen molar-refractivity contribution in [2.24, 2.45) is 0 Å². The van der Waals surface area contributed by atoms with Gasteiger partial charge in [0.25, 0.3) is 0 Å². The Morgan fingerprint density at radius 1 is 1.19 bits per heavy atom. The summed E-state index contributed by atoms with van der Waals surface area (Å²) >= 11 is 0. The number of carbonyl (C=O) groups is 1. The normalized spacial score (nSPS) is 19.9. The minimum Gasteiger partial charge on any atom is -0.480 e. The quantitative estimate of drug-likeness (QED) is 0.781. The number of benzene rings is 1. The molecule has 2 aromatic rings. The average molecular weight is 360 g/mol. The summed E-state index contributed by atoms with van der Waals surface area (Å²) < 4.78 is 29.2. The second-order valence-electron chi connectivity index (χ2n) is 6.11. The van der Waals surface area contributed by atoms with Gasteiger partial charge in [0.2, 0.25) is 5.88 Å². The molecule has 3 rings (SSSR count). The molecule has 0 bridgehead atoms. The molecular formula is C19H21FN2O4. The number of halogens is 1. The van der Waals surface area contributed by atoms with Crippen molar-refractivity contribution in [3.8, 4) is 5.88 Å². The average Bonchev–Trinajstić information content (AvgIpc) is 2.67. The molecule has 0 N–H and O–H groups in total. The van der Waals surface area contributed by atoms with Gasteiger partial charge in [0.05, 0.1) is 20.3 Å². The lowest BCUT2D eigenvalue weighted by molar-refractivity contribution is -0.0176. The second-order valence-corrected chi connectivity index (χ2v) is 6.11. The number of hydrogen-bond donors (Lipinski definition) is 0. The van der Waals surface area contributed by atoms with Crippen LogP contribution in [0.1, 0.15) is 28.9 Å². The molecule has 1 saturated heterocycles. The predicted octanol–water partition coefficient (Wildman–Crippen LogP) is 2.98. The number of morpholine rings is 1. The number of pyridine rings is 1. The number of ether oxygens (including phenoxy) is 3. The van der Waals surface area contributed by atoms with Crippen molar-refractivity contribution >= 4 is 11.8 Å². The molecular weight excluding hydrogens is 339 g/mol. The van der Waals surface area contributed by atoms with Crippen molar-refractivity contribution < 1.29 is 23.4 Å². The maximum Gasteiger partial charge on any atom is 0.343 e. The lowest BCUT2D eigenvalue weighted by Crippen LogP contribution is -2.43. The van der Waals surface area contributed by atoms with E-state index in [4.69, 9.17) is 14.2 Å². The van der Waals surface area contributed by atoms with Gasteiger partial charge in [-0.05, 0) is 36.8 Å². The molecule has 2 heterocycles. The van der Waals surface area contributed by atoms with Gasteiger partial charge < -0.3 is 19.1 Å². The van der Waals surface area contributed by atoms with Crippen molar-refractivity contribution in [1.29, 1.82) is 0 Å². The summed E-state index contributed by atoms with van der Waals surface area (Å²) in [5.41, 5.74) is 1.18. The Bertz CT molecular complexity index is 782. The van der Waals surface area contributed by atoms with Gasteiger partial charge >= 0.3 is 5.97 Å². The molecule has 26 heavy (non-hydrogen) atoms. The highest BCUT2D eigenvalue weighted by Gasteiger charge is 2.28. The number of aromatic nitrogens is 1. The highest BCUT2D eigenvalue weighted by Crippen LogP contribution is 2.30. The maximum atomic E-state index is 13.2. The van der Waals surface area contributed by atoms with Crippen LogP contribution in [0.3, 0.4) is 0 Å². The fourth-order valence-corrected chi connectivity index (χ4v) is 3.03. The van der Waals surface area contributed by atoms with Gasteiger partial charge in [-0.2, -0.15) is 4.98 Å². The maximum absolute atomic E-state index is 13.2. The Morgan fingerprint density at radius 3 is 2.58 bits per heavy atom. The van der Waals surface area contributed by atoms with Crippen LogP contribution >= 0.6 is 0 Å². The summed E-state index contributed by atoms with van der Waals surface area (Å²) in [6.45, 7) is 3.18. The Balaban J connectivity index is 1.86. The van der Waals surface area contributed by atoms with E-state index in [1.165, 1.54) is 26.4 Å². The third-order valence-corrected chi connectivity index (χ3v) is 4.27. The fraction of sp³-hybridized carbons (Fsp3) is 0.368. The number of nitrogens with zero attached hydrogens (tertiary/aromatic N) is 2. The molecule has 1 fully saturated rings. The predicted molar refractivity (Wildman–Crippen MR) is 94.0 cm³/mol. The largest absolute Gasteiger partial charge is 0.480 e. The zero-order chi connectivity index (χ0) is 18.7. The van der Waals surface area contributed by atoms with Crippen molar-refractivity contribution in [2.45, 2.75) is 19.1 Å². The van der Waals surface area contributed by atoms with E-state index in [0.29, 0.717) is 18.9 Å².